The molecule has 1 aromatic rings. The van der Waals surface area contributed by atoms with Crippen LogP contribution in [0.15, 0.2) is 18.2 Å². The van der Waals surface area contributed by atoms with Crippen LogP contribution in [0.25, 0.3) is 0 Å². The number of ether oxygens (including phenoxy) is 2. The van der Waals surface area contributed by atoms with Crippen LogP contribution < -0.4 is 15.2 Å². The van der Waals surface area contributed by atoms with Crippen molar-refractivity contribution in [3.05, 3.63) is 23.8 Å². The number of aldehydes is 1. The lowest BCUT2D eigenvalue weighted by atomic mass is 10.2. The Kier molecular flexibility index (Phi) is 3.68. The maximum absolute atomic E-state index is 10.5. The van der Waals surface area contributed by atoms with Gasteiger partial charge in [0.1, 0.15) is 6.29 Å². The van der Waals surface area contributed by atoms with E-state index in [0.29, 0.717) is 23.3 Å². The van der Waals surface area contributed by atoms with Crippen molar-refractivity contribution in [1.82, 2.24) is 0 Å². The number of carbonyl (C=O) groups excluding carboxylic acids is 2. The van der Waals surface area contributed by atoms with Gasteiger partial charge in [-0.1, -0.05) is 0 Å². The second-order valence-corrected chi connectivity index (χ2v) is 2.78. The molecule has 0 heterocycles. The Labute approximate surface area is 86.8 Å². The maximum atomic E-state index is 10.5. The minimum absolute atomic E-state index is 0.225. The third-order valence-electron chi connectivity index (χ3n) is 1.69. The summed E-state index contributed by atoms with van der Waals surface area (Å²) in [6.45, 7) is -0.225. The van der Waals surface area contributed by atoms with Gasteiger partial charge in [-0.15, -0.1) is 0 Å². The van der Waals surface area contributed by atoms with Crippen LogP contribution in [0, 0.1) is 0 Å². The minimum atomic E-state index is -0.573. The average molecular weight is 209 g/mol. The Morgan fingerprint density at radius 1 is 1.47 bits per heavy atom. The Morgan fingerprint density at radius 3 is 2.73 bits per heavy atom. The van der Waals surface area contributed by atoms with E-state index in [0.717, 1.165) is 0 Å². The van der Waals surface area contributed by atoms with Gasteiger partial charge in [-0.2, -0.15) is 0 Å². The highest BCUT2D eigenvalue weighted by atomic mass is 16.5. The summed E-state index contributed by atoms with van der Waals surface area (Å²) in [5.74, 6) is 0.194. The van der Waals surface area contributed by atoms with E-state index < -0.39 is 5.91 Å². The van der Waals surface area contributed by atoms with E-state index in [1.807, 2.05) is 0 Å². The second kappa shape index (κ2) is 4.99. The van der Waals surface area contributed by atoms with E-state index in [2.05, 4.69) is 0 Å². The SMILES string of the molecule is COc1cc(C=O)ccc1OCC(N)=O. The number of hydrogen-bond acceptors (Lipinski definition) is 4. The monoisotopic (exact) mass is 209 g/mol. The van der Waals surface area contributed by atoms with Crippen molar-refractivity contribution in [2.24, 2.45) is 5.73 Å². The summed E-state index contributed by atoms with van der Waals surface area (Å²) in [6.07, 6.45) is 0.695. The first-order valence-electron chi connectivity index (χ1n) is 4.21. The van der Waals surface area contributed by atoms with Crippen LogP contribution in [0.2, 0.25) is 0 Å². The zero-order chi connectivity index (χ0) is 11.3. The summed E-state index contributed by atoms with van der Waals surface area (Å²) < 4.78 is 10.1. The molecule has 0 bridgehead atoms. The molecule has 1 rings (SSSR count). The predicted octanol–water partition coefficient (Wildman–Crippen LogP) is 0.372. The van der Waals surface area contributed by atoms with Gasteiger partial charge in [0, 0.05) is 5.56 Å². The number of nitrogens with two attached hydrogens (primary N) is 1. The van der Waals surface area contributed by atoms with Gasteiger partial charge in [0.2, 0.25) is 0 Å². The second-order valence-electron chi connectivity index (χ2n) is 2.78. The predicted molar refractivity (Wildman–Crippen MR) is 53.1 cm³/mol. The summed E-state index contributed by atoms with van der Waals surface area (Å²) in [5, 5.41) is 0. The molecule has 2 N–H and O–H groups in total. The molecule has 0 spiro atoms. The number of rotatable bonds is 5. The molecule has 5 heteroatoms. The zero-order valence-corrected chi connectivity index (χ0v) is 8.23. The van der Waals surface area contributed by atoms with Crippen LogP contribution in [0.1, 0.15) is 10.4 Å². The van der Waals surface area contributed by atoms with E-state index in [9.17, 15) is 9.59 Å². The topological polar surface area (TPSA) is 78.6 Å². The molecule has 0 fully saturated rings. The summed E-state index contributed by atoms with van der Waals surface area (Å²) >= 11 is 0. The van der Waals surface area contributed by atoms with Crippen molar-refractivity contribution >= 4 is 12.2 Å². The molecule has 15 heavy (non-hydrogen) atoms. The summed E-state index contributed by atoms with van der Waals surface area (Å²) in [5.41, 5.74) is 5.40. The third-order valence-corrected chi connectivity index (χ3v) is 1.69. The molecule has 0 saturated heterocycles. The van der Waals surface area contributed by atoms with Crippen molar-refractivity contribution in [1.29, 1.82) is 0 Å². The lowest BCUT2D eigenvalue weighted by molar-refractivity contribution is -0.119. The average Bonchev–Trinajstić information content (AvgIpc) is 2.25. The van der Waals surface area contributed by atoms with E-state index in [1.54, 1.807) is 12.1 Å². The molecule has 0 unspecified atom stereocenters. The highest BCUT2D eigenvalue weighted by Gasteiger charge is 2.06. The van der Waals surface area contributed by atoms with Gasteiger partial charge in [-0.05, 0) is 18.2 Å². The molecule has 0 saturated carbocycles. The van der Waals surface area contributed by atoms with Crippen molar-refractivity contribution in [2.75, 3.05) is 13.7 Å². The molecule has 0 aliphatic heterocycles. The fourth-order valence-electron chi connectivity index (χ4n) is 1.03. The molecular formula is C10H11NO4. The molecule has 80 valence electrons. The first kappa shape index (κ1) is 11.0. The van der Waals surface area contributed by atoms with Gasteiger partial charge >= 0.3 is 0 Å². The van der Waals surface area contributed by atoms with E-state index in [4.69, 9.17) is 15.2 Å². The molecule has 0 aromatic heterocycles. The summed E-state index contributed by atoms with van der Waals surface area (Å²) in [7, 11) is 1.45. The molecule has 5 nitrogen and oxygen atoms in total. The van der Waals surface area contributed by atoms with Crippen LogP contribution in [0.4, 0.5) is 0 Å². The van der Waals surface area contributed by atoms with Crippen molar-refractivity contribution in [2.45, 2.75) is 0 Å². The Morgan fingerprint density at radius 2 is 2.20 bits per heavy atom. The van der Waals surface area contributed by atoms with E-state index >= 15 is 0 Å². The van der Waals surface area contributed by atoms with Crippen LogP contribution >= 0.6 is 0 Å². The Bertz CT molecular complexity index is 376. The van der Waals surface area contributed by atoms with Gasteiger partial charge in [-0.3, -0.25) is 9.59 Å². The number of hydrogen-bond donors (Lipinski definition) is 1. The fraction of sp³-hybridized carbons (Fsp3) is 0.200. The van der Waals surface area contributed by atoms with E-state index in [-0.39, 0.29) is 6.61 Å². The smallest absolute Gasteiger partial charge is 0.255 e. The molecule has 0 aliphatic rings. The molecular weight excluding hydrogens is 198 g/mol. The minimum Gasteiger partial charge on any atom is -0.493 e. The normalized spacial score (nSPS) is 9.40. The maximum Gasteiger partial charge on any atom is 0.255 e. The fourth-order valence-corrected chi connectivity index (χ4v) is 1.03. The summed E-state index contributed by atoms with van der Waals surface area (Å²) in [4.78, 5) is 21.0. The molecule has 0 aliphatic carbocycles. The van der Waals surface area contributed by atoms with Gasteiger partial charge in [0.25, 0.3) is 5.91 Å². The van der Waals surface area contributed by atoms with Gasteiger partial charge in [0.05, 0.1) is 7.11 Å². The largest absolute Gasteiger partial charge is 0.493 e. The lowest BCUT2D eigenvalue weighted by Crippen LogP contribution is -2.20. The third kappa shape index (κ3) is 2.98. The molecule has 0 atom stereocenters. The van der Waals surface area contributed by atoms with Crippen LogP contribution in [-0.2, 0) is 4.79 Å². The van der Waals surface area contributed by atoms with Gasteiger partial charge in [0.15, 0.2) is 18.1 Å². The number of amides is 1. The first-order chi connectivity index (χ1) is 7.17. The first-order valence-corrected chi connectivity index (χ1v) is 4.21. The number of primary amides is 1. The Balaban J connectivity index is 2.87. The standard InChI is InChI=1S/C10H11NO4/c1-14-9-4-7(5-12)2-3-8(9)15-6-10(11)13/h2-5H,6H2,1H3,(H2,11,13). The molecule has 1 amide bonds. The zero-order valence-electron chi connectivity index (χ0n) is 8.23. The lowest BCUT2D eigenvalue weighted by Gasteiger charge is -2.09. The highest BCUT2D eigenvalue weighted by molar-refractivity contribution is 5.77. The van der Waals surface area contributed by atoms with Crippen molar-refractivity contribution in [3.8, 4) is 11.5 Å². The Hall–Kier alpha value is -2.04. The number of benzene rings is 1. The molecule has 0 radical (unpaired) electrons. The number of carbonyl (C=O) groups is 2. The van der Waals surface area contributed by atoms with Gasteiger partial charge in [-0.25, -0.2) is 0 Å². The summed E-state index contributed by atoms with van der Waals surface area (Å²) in [6, 6.07) is 4.63. The highest BCUT2D eigenvalue weighted by Crippen LogP contribution is 2.27. The van der Waals surface area contributed by atoms with Crippen molar-refractivity contribution in [3.63, 3.8) is 0 Å². The van der Waals surface area contributed by atoms with Crippen LogP contribution in [0.3, 0.4) is 0 Å². The van der Waals surface area contributed by atoms with Crippen LogP contribution in [-0.4, -0.2) is 25.9 Å². The van der Waals surface area contributed by atoms with Crippen LogP contribution in [0.5, 0.6) is 11.5 Å². The van der Waals surface area contributed by atoms with Crippen molar-refractivity contribution < 1.29 is 19.1 Å². The molecule has 1 aromatic carbocycles. The number of methoxy groups -OCH3 is 1. The van der Waals surface area contributed by atoms with Gasteiger partial charge < -0.3 is 15.2 Å². The quantitative estimate of drug-likeness (QED) is 0.710. The van der Waals surface area contributed by atoms with E-state index in [1.165, 1.54) is 13.2 Å².